The molecule has 0 saturated heterocycles. The van der Waals surface area contributed by atoms with Gasteiger partial charge in [0.15, 0.2) is 0 Å². The molecule has 46 heavy (non-hydrogen) atoms. The van der Waals surface area contributed by atoms with Gasteiger partial charge in [-0.3, -0.25) is 4.79 Å². The lowest BCUT2D eigenvalue weighted by Gasteiger charge is -2.28. The van der Waals surface area contributed by atoms with Gasteiger partial charge in [-0.2, -0.15) is 4.31 Å². The van der Waals surface area contributed by atoms with E-state index in [1.807, 2.05) is 50.2 Å². The molecule has 0 aromatic heterocycles. The Morgan fingerprint density at radius 1 is 0.826 bits per heavy atom. The van der Waals surface area contributed by atoms with E-state index in [0.717, 1.165) is 35.1 Å². The van der Waals surface area contributed by atoms with Gasteiger partial charge in [-0.25, -0.2) is 13.2 Å². The van der Waals surface area contributed by atoms with Crippen LogP contribution in [0.1, 0.15) is 76.2 Å². The highest BCUT2D eigenvalue weighted by atomic mass is 32.2. The maximum Gasteiger partial charge on any atom is 0.339 e. The Morgan fingerprint density at radius 2 is 1.50 bits per heavy atom. The highest BCUT2D eigenvalue weighted by Crippen LogP contribution is 2.33. The highest BCUT2D eigenvalue weighted by Gasteiger charge is 2.30. The van der Waals surface area contributed by atoms with Crippen LogP contribution in [0.2, 0.25) is 0 Å². The van der Waals surface area contributed by atoms with E-state index >= 15 is 0 Å². The number of anilines is 1. The molecule has 0 bridgehead atoms. The van der Waals surface area contributed by atoms with E-state index in [1.54, 1.807) is 12.1 Å². The Labute approximate surface area is 271 Å². The van der Waals surface area contributed by atoms with E-state index in [9.17, 15) is 28.2 Å². The number of amides is 1. The summed E-state index contributed by atoms with van der Waals surface area (Å²) >= 11 is 0. The van der Waals surface area contributed by atoms with Crippen LogP contribution in [-0.2, 0) is 27.9 Å². The van der Waals surface area contributed by atoms with Crippen LogP contribution in [0.5, 0.6) is 5.75 Å². The Hall–Kier alpha value is -4.47. The summed E-state index contributed by atoms with van der Waals surface area (Å²) in [7, 11) is -4.10. The number of hydrogen-bond acceptors (Lipinski definition) is 5. The van der Waals surface area contributed by atoms with Gasteiger partial charge in [-0.1, -0.05) is 85.5 Å². The van der Waals surface area contributed by atoms with Crippen molar-refractivity contribution in [1.82, 2.24) is 4.31 Å². The fraction of sp³-hybridized carbons (Fsp3) is 0.297. The minimum Gasteiger partial charge on any atom is -0.507 e. The van der Waals surface area contributed by atoms with Crippen molar-refractivity contribution in [3.05, 3.63) is 124 Å². The van der Waals surface area contributed by atoms with Crippen LogP contribution in [0.4, 0.5) is 5.69 Å². The average Bonchev–Trinajstić information content (AvgIpc) is 3.05. The third kappa shape index (κ3) is 7.66. The second-order valence-corrected chi connectivity index (χ2v) is 14.0. The largest absolute Gasteiger partial charge is 0.507 e. The third-order valence-corrected chi connectivity index (χ3v) is 10.6. The molecule has 0 radical (unpaired) electrons. The van der Waals surface area contributed by atoms with Gasteiger partial charge in [0, 0.05) is 18.3 Å². The van der Waals surface area contributed by atoms with Gasteiger partial charge in [0.25, 0.3) is 0 Å². The quantitative estimate of drug-likeness (QED) is 0.180. The lowest BCUT2D eigenvalue weighted by molar-refractivity contribution is -0.119. The van der Waals surface area contributed by atoms with Crippen molar-refractivity contribution >= 4 is 27.6 Å². The van der Waals surface area contributed by atoms with E-state index in [1.165, 1.54) is 64.4 Å². The molecule has 1 aliphatic rings. The van der Waals surface area contributed by atoms with E-state index in [2.05, 4.69) is 12.1 Å². The van der Waals surface area contributed by atoms with Crippen molar-refractivity contribution < 1.29 is 28.2 Å². The molecule has 1 fully saturated rings. The summed E-state index contributed by atoms with van der Waals surface area (Å²) in [5.41, 5.74) is 4.61. The molecule has 0 unspecified atom stereocenters. The first kappa shape index (κ1) is 32.9. The van der Waals surface area contributed by atoms with Crippen molar-refractivity contribution in [1.29, 1.82) is 0 Å². The summed E-state index contributed by atoms with van der Waals surface area (Å²) in [6.45, 7) is 3.35. The minimum absolute atomic E-state index is 0.0260. The smallest absolute Gasteiger partial charge is 0.339 e. The van der Waals surface area contributed by atoms with Gasteiger partial charge in [0.1, 0.15) is 11.3 Å². The Kier molecular flexibility index (Phi) is 10.2. The molecular formula is C37H40N2O6S. The summed E-state index contributed by atoms with van der Waals surface area (Å²) < 4.78 is 29.2. The zero-order chi connectivity index (χ0) is 32.8. The van der Waals surface area contributed by atoms with Crippen LogP contribution in [0.25, 0.3) is 0 Å². The van der Waals surface area contributed by atoms with Crippen LogP contribution in [0.3, 0.4) is 0 Å². The number of aryl methyl sites for hydroxylation is 2. The van der Waals surface area contributed by atoms with Gasteiger partial charge in [0.2, 0.25) is 15.9 Å². The first-order valence-electron chi connectivity index (χ1n) is 15.6. The van der Waals surface area contributed by atoms with Gasteiger partial charge >= 0.3 is 5.97 Å². The first-order valence-corrected chi connectivity index (χ1v) is 17.0. The van der Waals surface area contributed by atoms with E-state index < -0.39 is 34.2 Å². The molecule has 8 nitrogen and oxygen atoms in total. The number of nitrogens with zero attached hydrogens (tertiary/aromatic N) is 2. The second-order valence-electron chi connectivity index (χ2n) is 12.1. The molecule has 1 saturated carbocycles. The number of carboxylic acid groups (broad SMARTS) is 1. The third-order valence-electron chi connectivity index (χ3n) is 8.80. The Morgan fingerprint density at radius 3 is 2.13 bits per heavy atom. The molecule has 2 N–H and O–H groups in total. The number of rotatable bonds is 11. The van der Waals surface area contributed by atoms with Gasteiger partial charge < -0.3 is 15.1 Å². The first-order chi connectivity index (χ1) is 22.0. The molecular weight excluding hydrogens is 600 g/mol. The molecule has 0 atom stereocenters. The maximum absolute atomic E-state index is 14.2. The fourth-order valence-corrected chi connectivity index (χ4v) is 7.37. The summed E-state index contributed by atoms with van der Waals surface area (Å²) in [5, 5.41) is 20.0. The van der Waals surface area contributed by atoms with Crippen LogP contribution in [-0.4, -0.2) is 41.4 Å². The van der Waals surface area contributed by atoms with Gasteiger partial charge in [-0.05, 0) is 79.1 Å². The number of carboxylic acids is 1. The van der Waals surface area contributed by atoms with E-state index in [0.29, 0.717) is 5.92 Å². The molecule has 0 spiro atoms. The lowest BCUT2D eigenvalue weighted by Crippen LogP contribution is -2.42. The number of carbonyl (C=O) groups is 2. The summed E-state index contributed by atoms with van der Waals surface area (Å²) in [4.78, 5) is 27.3. The number of aromatic hydroxyl groups is 1. The average molecular weight is 641 g/mol. The number of aromatic carboxylic acids is 1. The normalized spacial score (nSPS) is 13.9. The molecule has 5 rings (SSSR count). The predicted octanol–water partition coefficient (Wildman–Crippen LogP) is 7.18. The standard InChI is InChI=1S/C37H40N2O6S/c1-26-12-19-33(20-13-26)46(44,45)38(24-31-11-7-6-8-27(31)2)25-36(41)39(32-18-21-34(37(42)43)35(40)22-32)23-28-14-16-30(17-15-28)29-9-4-3-5-10-29/h6-8,11-22,29,40H,3-5,9-10,23-25H2,1-2H3,(H,42,43). The molecule has 9 heteroatoms. The summed E-state index contributed by atoms with van der Waals surface area (Å²) in [6, 6.07) is 26.0. The number of hydrogen-bond donors (Lipinski definition) is 2. The number of sulfonamides is 1. The highest BCUT2D eigenvalue weighted by molar-refractivity contribution is 7.89. The number of phenols is 1. The number of carbonyl (C=O) groups excluding carboxylic acids is 1. The van der Waals surface area contributed by atoms with Crippen molar-refractivity contribution in [2.75, 3.05) is 11.4 Å². The Balaban J connectivity index is 1.50. The van der Waals surface area contributed by atoms with Crippen LogP contribution in [0.15, 0.2) is 95.9 Å². The molecule has 240 valence electrons. The van der Waals surface area contributed by atoms with Crippen molar-refractivity contribution in [2.45, 2.75) is 69.9 Å². The lowest BCUT2D eigenvalue weighted by atomic mass is 9.84. The van der Waals surface area contributed by atoms with E-state index in [4.69, 9.17) is 0 Å². The zero-order valence-corrected chi connectivity index (χ0v) is 27.0. The molecule has 1 amide bonds. The molecule has 0 heterocycles. The van der Waals surface area contributed by atoms with Gasteiger partial charge in [-0.15, -0.1) is 0 Å². The summed E-state index contributed by atoms with van der Waals surface area (Å²) in [5.74, 6) is -1.79. The van der Waals surface area contributed by atoms with Crippen molar-refractivity contribution in [3.8, 4) is 5.75 Å². The molecule has 4 aromatic rings. The molecule has 0 aliphatic heterocycles. The van der Waals surface area contributed by atoms with Gasteiger partial charge in [0.05, 0.1) is 18.0 Å². The zero-order valence-electron chi connectivity index (χ0n) is 26.2. The van der Waals surface area contributed by atoms with Crippen LogP contribution in [0, 0.1) is 13.8 Å². The minimum atomic E-state index is -4.10. The predicted molar refractivity (Wildman–Crippen MR) is 178 cm³/mol. The van der Waals surface area contributed by atoms with E-state index in [-0.39, 0.29) is 29.2 Å². The maximum atomic E-state index is 14.2. The molecule has 4 aromatic carbocycles. The summed E-state index contributed by atoms with van der Waals surface area (Å²) in [6.07, 6.45) is 6.01. The van der Waals surface area contributed by atoms with Crippen molar-refractivity contribution in [3.63, 3.8) is 0 Å². The van der Waals surface area contributed by atoms with Crippen LogP contribution < -0.4 is 4.90 Å². The molecule has 1 aliphatic carbocycles. The topological polar surface area (TPSA) is 115 Å². The van der Waals surface area contributed by atoms with Crippen molar-refractivity contribution in [2.24, 2.45) is 0 Å². The fourth-order valence-electron chi connectivity index (χ4n) is 6.00. The number of benzene rings is 4. The monoisotopic (exact) mass is 640 g/mol. The Bertz CT molecular complexity index is 1800. The SMILES string of the molecule is Cc1ccc(S(=O)(=O)N(CC(=O)N(Cc2ccc(C3CCCCC3)cc2)c2ccc(C(=O)O)c(O)c2)Cc2ccccc2C)cc1. The van der Waals surface area contributed by atoms with Crippen LogP contribution >= 0.6 is 0 Å². The second kappa shape index (κ2) is 14.3.